The van der Waals surface area contributed by atoms with Gasteiger partial charge in [0.2, 0.25) is 0 Å². The van der Waals surface area contributed by atoms with Gasteiger partial charge in [-0.2, -0.15) is 0 Å². The van der Waals surface area contributed by atoms with Gasteiger partial charge in [-0.25, -0.2) is 8.78 Å². The molecule has 0 N–H and O–H groups in total. The zero-order chi connectivity index (χ0) is 13.2. The second-order valence-corrected chi connectivity index (χ2v) is 4.85. The standard InChI is InChI=1S/C14H16F2O2/c1-18-14(6-3-7-14)9-11(17)8-10-4-2-5-12(15)13(10)16/h2,4-5H,3,6-9H2,1H3. The molecule has 0 saturated heterocycles. The Labute approximate surface area is 105 Å². The number of benzene rings is 1. The van der Waals surface area contributed by atoms with Crippen LogP contribution in [0.2, 0.25) is 0 Å². The van der Waals surface area contributed by atoms with Gasteiger partial charge in [-0.1, -0.05) is 12.1 Å². The molecule has 2 nitrogen and oxygen atoms in total. The highest BCUT2D eigenvalue weighted by Crippen LogP contribution is 2.38. The van der Waals surface area contributed by atoms with Gasteiger partial charge in [-0.3, -0.25) is 4.79 Å². The molecule has 4 heteroatoms. The molecule has 98 valence electrons. The SMILES string of the molecule is COC1(CC(=O)Cc2cccc(F)c2F)CCC1. The highest BCUT2D eigenvalue weighted by molar-refractivity contribution is 5.82. The lowest BCUT2D eigenvalue weighted by Crippen LogP contribution is -2.41. The van der Waals surface area contributed by atoms with Crippen LogP contribution in [0, 0.1) is 11.6 Å². The molecule has 1 aromatic carbocycles. The topological polar surface area (TPSA) is 26.3 Å². The smallest absolute Gasteiger partial charge is 0.162 e. The van der Waals surface area contributed by atoms with Gasteiger partial charge >= 0.3 is 0 Å². The van der Waals surface area contributed by atoms with Crippen molar-refractivity contribution in [1.82, 2.24) is 0 Å². The average Bonchev–Trinajstić information content (AvgIpc) is 2.30. The fourth-order valence-corrected chi connectivity index (χ4v) is 2.34. The normalized spacial score (nSPS) is 17.3. The van der Waals surface area contributed by atoms with E-state index in [0.29, 0.717) is 0 Å². The van der Waals surface area contributed by atoms with Crippen LogP contribution in [0.15, 0.2) is 18.2 Å². The van der Waals surface area contributed by atoms with Gasteiger partial charge in [-0.05, 0) is 30.9 Å². The lowest BCUT2D eigenvalue weighted by molar-refractivity contribution is -0.131. The van der Waals surface area contributed by atoms with E-state index in [0.717, 1.165) is 25.3 Å². The number of Topliss-reactive ketones (excluding diaryl/α,β-unsaturated/α-hetero) is 1. The Morgan fingerprint density at radius 2 is 2.11 bits per heavy atom. The zero-order valence-corrected chi connectivity index (χ0v) is 10.3. The monoisotopic (exact) mass is 254 g/mol. The maximum atomic E-state index is 13.4. The molecule has 0 heterocycles. The Morgan fingerprint density at radius 1 is 1.39 bits per heavy atom. The van der Waals surface area contributed by atoms with E-state index in [9.17, 15) is 13.6 Å². The Kier molecular flexibility index (Phi) is 3.76. The predicted octanol–water partition coefficient (Wildman–Crippen LogP) is 3.04. The fourth-order valence-electron chi connectivity index (χ4n) is 2.34. The van der Waals surface area contributed by atoms with Crippen LogP contribution in [-0.2, 0) is 16.0 Å². The van der Waals surface area contributed by atoms with E-state index in [4.69, 9.17) is 4.74 Å². The number of carbonyl (C=O) groups is 1. The van der Waals surface area contributed by atoms with E-state index >= 15 is 0 Å². The van der Waals surface area contributed by atoms with Gasteiger partial charge in [0.15, 0.2) is 11.6 Å². The molecule has 2 rings (SSSR count). The van der Waals surface area contributed by atoms with Crippen LogP contribution in [0.5, 0.6) is 0 Å². The van der Waals surface area contributed by atoms with Crippen molar-refractivity contribution in [3.8, 4) is 0 Å². The van der Waals surface area contributed by atoms with E-state index in [1.54, 1.807) is 7.11 Å². The number of methoxy groups -OCH3 is 1. The second kappa shape index (κ2) is 5.14. The minimum Gasteiger partial charge on any atom is -0.378 e. The number of ether oxygens (including phenoxy) is 1. The summed E-state index contributed by atoms with van der Waals surface area (Å²) in [5.41, 5.74) is -0.244. The third kappa shape index (κ3) is 2.58. The molecule has 0 aromatic heterocycles. The summed E-state index contributed by atoms with van der Waals surface area (Å²) in [4.78, 5) is 11.9. The number of carbonyl (C=O) groups excluding carboxylic acids is 1. The van der Waals surface area contributed by atoms with Gasteiger partial charge in [-0.15, -0.1) is 0 Å². The number of rotatable bonds is 5. The minimum absolute atomic E-state index is 0.0747. The van der Waals surface area contributed by atoms with Gasteiger partial charge in [0.1, 0.15) is 5.78 Å². The van der Waals surface area contributed by atoms with Crippen LogP contribution in [0.3, 0.4) is 0 Å². The molecule has 0 amide bonds. The minimum atomic E-state index is -0.925. The first-order chi connectivity index (χ1) is 8.56. The van der Waals surface area contributed by atoms with Crippen molar-refractivity contribution in [1.29, 1.82) is 0 Å². The predicted molar refractivity (Wildman–Crippen MR) is 63.3 cm³/mol. The number of ketones is 1. The molecule has 1 aliphatic carbocycles. The number of halogens is 2. The Balaban J connectivity index is 2.01. The molecule has 0 aliphatic heterocycles. The van der Waals surface area contributed by atoms with Gasteiger partial charge in [0.05, 0.1) is 5.60 Å². The van der Waals surface area contributed by atoms with Gasteiger partial charge < -0.3 is 4.74 Å². The second-order valence-electron chi connectivity index (χ2n) is 4.85. The van der Waals surface area contributed by atoms with Gasteiger partial charge in [0, 0.05) is 20.0 Å². The van der Waals surface area contributed by atoms with Crippen molar-refractivity contribution in [2.75, 3.05) is 7.11 Å². The molecule has 0 atom stereocenters. The summed E-state index contributed by atoms with van der Waals surface area (Å²) in [5.74, 6) is -1.95. The van der Waals surface area contributed by atoms with E-state index in [-0.39, 0.29) is 29.8 Å². The summed E-state index contributed by atoms with van der Waals surface area (Å²) in [6.45, 7) is 0. The van der Waals surface area contributed by atoms with Gasteiger partial charge in [0.25, 0.3) is 0 Å². The van der Waals surface area contributed by atoms with Crippen LogP contribution in [0.25, 0.3) is 0 Å². The zero-order valence-electron chi connectivity index (χ0n) is 10.3. The third-order valence-electron chi connectivity index (χ3n) is 3.64. The molecule has 1 aliphatic rings. The van der Waals surface area contributed by atoms with E-state index in [1.807, 2.05) is 0 Å². The first kappa shape index (κ1) is 13.1. The Morgan fingerprint density at radius 3 is 2.67 bits per heavy atom. The molecule has 0 spiro atoms. The van der Waals surface area contributed by atoms with Crippen molar-refractivity contribution in [3.63, 3.8) is 0 Å². The molecular formula is C14H16F2O2. The van der Waals surface area contributed by atoms with Crippen LogP contribution >= 0.6 is 0 Å². The van der Waals surface area contributed by atoms with Crippen LogP contribution in [-0.4, -0.2) is 18.5 Å². The lowest BCUT2D eigenvalue weighted by Gasteiger charge is -2.40. The Hall–Kier alpha value is -1.29. The molecule has 18 heavy (non-hydrogen) atoms. The molecule has 0 radical (unpaired) electrons. The summed E-state index contributed by atoms with van der Waals surface area (Å²) in [6.07, 6.45) is 2.98. The fraction of sp³-hybridized carbons (Fsp3) is 0.500. The van der Waals surface area contributed by atoms with Crippen molar-refractivity contribution < 1.29 is 18.3 Å². The Bertz CT molecular complexity index is 448. The van der Waals surface area contributed by atoms with Crippen molar-refractivity contribution in [2.24, 2.45) is 0 Å². The molecule has 0 unspecified atom stereocenters. The summed E-state index contributed by atoms with van der Waals surface area (Å²) < 4.78 is 31.8. The van der Waals surface area contributed by atoms with Crippen LogP contribution in [0.1, 0.15) is 31.2 Å². The largest absolute Gasteiger partial charge is 0.378 e. The van der Waals surface area contributed by atoms with Crippen LogP contribution in [0.4, 0.5) is 8.78 Å². The van der Waals surface area contributed by atoms with Crippen LogP contribution < -0.4 is 0 Å². The molecular weight excluding hydrogens is 238 g/mol. The molecule has 1 fully saturated rings. The lowest BCUT2D eigenvalue weighted by atomic mass is 9.76. The molecule has 0 bridgehead atoms. The molecule has 1 aromatic rings. The average molecular weight is 254 g/mol. The first-order valence-corrected chi connectivity index (χ1v) is 6.06. The quantitative estimate of drug-likeness (QED) is 0.807. The van der Waals surface area contributed by atoms with Crippen molar-refractivity contribution >= 4 is 5.78 Å². The number of hydrogen-bond acceptors (Lipinski definition) is 2. The maximum Gasteiger partial charge on any atom is 0.162 e. The molecule has 1 saturated carbocycles. The van der Waals surface area contributed by atoms with Crippen molar-refractivity contribution in [2.45, 2.75) is 37.7 Å². The number of hydrogen-bond donors (Lipinski definition) is 0. The maximum absolute atomic E-state index is 13.4. The van der Waals surface area contributed by atoms with Crippen molar-refractivity contribution in [3.05, 3.63) is 35.4 Å². The summed E-state index contributed by atoms with van der Waals surface area (Å²) in [6, 6.07) is 3.90. The summed E-state index contributed by atoms with van der Waals surface area (Å²) in [7, 11) is 1.59. The van der Waals surface area contributed by atoms with E-state index < -0.39 is 11.6 Å². The van der Waals surface area contributed by atoms with E-state index in [2.05, 4.69) is 0 Å². The third-order valence-corrected chi connectivity index (χ3v) is 3.64. The highest BCUT2D eigenvalue weighted by atomic mass is 19.2. The first-order valence-electron chi connectivity index (χ1n) is 6.06. The summed E-state index contributed by atoms with van der Waals surface area (Å²) in [5, 5.41) is 0. The van der Waals surface area contributed by atoms with E-state index in [1.165, 1.54) is 12.1 Å². The highest BCUT2D eigenvalue weighted by Gasteiger charge is 2.38. The summed E-state index contributed by atoms with van der Waals surface area (Å²) >= 11 is 0.